The van der Waals surface area contributed by atoms with Gasteiger partial charge in [-0.15, -0.1) is 11.3 Å². The number of fused-ring (bicyclic) bond motifs is 1. The quantitative estimate of drug-likeness (QED) is 0.663. The van der Waals surface area contributed by atoms with E-state index in [1.165, 1.54) is 0 Å². The van der Waals surface area contributed by atoms with Crippen LogP contribution in [0.3, 0.4) is 0 Å². The average Bonchev–Trinajstić information content (AvgIpc) is 2.91. The Morgan fingerprint density at radius 3 is 2.78 bits per heavy atom. The van der Waals surface area contributed by atoms with E-state index in [9.17, 15) is 0 Å². The Hall–Kier alpha value is -1.65. The van der Waals surface area contributed by atoms with Crippen molar-refractivity contribution in [1.82, 2.24) is 9.97 Å². The summed E-state index contributed by atoms with van der Waals surface area (Å²) in [6.07, 6.45) is 0. The van der Waals surface area contributed by atoms with Crippen LogP contribution in [0, 0.1) is 0 Å². The first kappa shape index (κ1) is 11.4. The van der Waals surface area contributed by atoms with E-state index < -0.39 is 0 Å². The van der Waals surface area contributed by atoms with E-state index in [-0.39, 0.29) is 0 Å². The van der Waals surface area contributed by atoms with Gasteiger partial charge in [-0.1, -0.05) is 23.7 Å². The van der Waals surface area contributed by atoms with E-state index in [1.807, 2.05) is 35.7 Å². The first-order chi connectivity index (χ1) is 8.79. The third-order valence-corrected chi connectivity index (χ3v) is 3.74. The lowest BCUT2D eigenvalue weighted by Gasteiger charge is -2.07. The molecule has 0 amide bonds. The molecule has 0 atom stereocenters. The Morgan fingerprint density at radius 2 is 2.06 bits per heavy atom. The van der Waals surface area contributed by atoms with Crippen molar-refractivity contribution in [1.29, 1.82) is 0 Å². The van der Waals surface area contributed by atoms with Gasteiger partial charge in [-0.2, -0.15) is 0 Å². The van der Waals surface area contributed by atoms with Crippen molar-refractivity contribution >= 4 is 33.8 Å². The summed E-state index contributed by atoms with van der Waals surface area (Å²) in [5.74, 6) is 1.34. The molecule has 2 aromatic heterocycles. The molecule has 0 aliphatic heterocycles. The Bertz CT molecular complexity index is 698. The molecule has 0 radical (unpaired) electrons. The summed E-state index contributed by atoms with van der Waals surface area (Å²) in [6.45, 7) is 0. The van der Waals surface area contributed by atoms with Crippen molar-refractivity contribution in [2.45, 2.75) is 0 Å². The fourth-order valence-electron chi connectivity index (χ4n) is 1.79. The van der Waals surface area contributed by atoms with Crippen LogP contribution in [0.4, 0.5) is 0 Å². The molecule has 3 aromatic rings. The Labute approximate surface area is 113 Å². The molecule has 18 heavy (non-hydrogen) atoms. The molecule has 3 nitrogen and oxygen atoms in total. The van der Waals surface area contributed by atoms with Gasteiger partial charge < -0.3 is 4.74 Å². The van der Waals surface area contributed by atoms with Crippen molar-refractivity contribution < 1.29 is 4.74 Å². The second kappa shape index (κ2) is 4.55. The molecule has 3 rings (SSSR count). The normalized spacial score (nSPS) is 10.8. The molecule has 0 aliphatic carbocycles. The summed E-state index contributed by atoms with van der Waals surface area (Å²) < 4.78 is 5.28. The first-order valence-corrected chi connectivity index (χ1v) is 6.59. The number of methoxy groups -OCH3 is 1. The molecule has 0 saturated heterocycles. The average molecular weight is 277 g/mol. The van der Waals surface area contributed by atoms with Gasteiger partial charge >= 0.3 is 0 Å². The van der Waals surface area contributed by atoms with Crippen LogP contribution >= 0.6 is 22.9 Å². The van der Waals surface area contributed by atoms with Gasteiger partial charge in [0.05, 0.1) is 22.9 Å². The topological polar surface area (TPSA) is 35.0 Å². The maximum absolute atomic E-state index is 6.24. The maximum atomic E-state index is 6.24. The highest BCUT2D eigenvalue weighted by molar-refractivity contribution is 7.13. The molecule has 0 bridgehead atoms. The van der Waals surface area contributed by atoms with Gasteiger partial charge in [0.15, 0.2) is 5.82 Å². The zero-order valence-corrected chi connectivity index (χ0v) is 11.1. The largest absolute Gasteiger partial charge is 0.496 e. The summed E-state index contributed by atoms with van der Waals surface area (Å²) in [5.41, 5.74) is 0.790. The van der Waals surface area contributed by atoms with Crippen LogP contribution in [0.2, 0.25) is 5.15 Å². The standard InChI is InChI=1S/C13H9ClN2OS/c1-17-9-5-2-4-8-11(9)12(14)16-13(15-8)10-6-3-7-18-10/h2-7H,1H3. The van der Waals surface area contributed by atoms with Crippen LogP contribution < -0.4 is 4.74 Å². The Morgan fingerprint density at radius 1 is 1.17 bits per heavy atom. The molecule has 0 N–H and O–H groups in total. The zero-order valence-electron chi connectivity index (χ0n) is 9.55. The van der Waals surface area contributed by atoms with Crippen LogP contribution in [0.5, 0.6) is 5.75 Å². The van der Waals surface area contributed by atoms with Gasteiger partial charge in [-0.25, -0.2) is 9.97 Å². The summed E-state index contributed by atoms with van der Waals surface area (Å²) in [7, 11) is 1.61. The Kier molecular flexibility index (Phi) is 2.89. The van der Waals surface area contributed by atoms with E-state index in [4.69, 9.17) is 16.3 Å². The third-order valence-electron chi connectivity index (χ3n) is 2.60. The molecule has 0 saturated carbocycles. The fraction of sp³-hybridized carbons (Fsp3) is 0.0769. The lowest BCUT2D eigenvalue weighted by Crippen LogP contribution is -1.93. The molecule has 0 spiro atoms. The van der Waals surface area contributed by atoms with Crippen LogP contribution in [0.1, 0.15) is 0 Å². The lowest BCUT2D eigenvalue weighted by molar-refractivity contribution is 0.419. The van der Waals surface area contributed by atoms with Gasteiger partial charge in [0, 0.05) is 0 Å². The summed E-state index contributed by atoms with van der Waals surface area (Å²) >= 11 is 7.82. The van der Waals surface area contributed by atoms with Crippen LogP contribution in [0.25, 0.3) is 21.6 Å². The minimum Gasteiger partial charge on any atom is -0.496 e. The minimum atomic E-state index is 0.417. The highest BCUT2D eigenvalue weighted by atomic mass is 35.5. The number of rotatable bonds is 2. The van der Waals surface area contributed by atoms with Crippen LogP contribution in [-0.4, -0.2) is 17.1 Å². The minimum absolute atomic E-state index is 0.417. The van der Waals surface area contributed by atoms with E-state index in [0.717, 1.165) is 15.8 Å². The van der Waals surface area contributed by atoms with Crippen LogP contribution in [-0.2, 0) is 0 Å². The maximum Gasteiger partial charge on any atom is 0.171 e. The van der Waals surface area contributed by atoms with Gasteiger partial charge in [-0.3, -0.25) is 0 Å². The number of hydrogen-bond acceptors (Lipinski definition) is 4. The number of aromatic nitrogens is 2. The smallest absolute Gasteiger partial charge is 0.171 e. The Balaban J connectivity index is 2.29. The van der Waals surface area contributed by atoms with Gasteiger partial charge in [0.2, 0.25) is 0 Å². The summed E-state index contributed by atoms with van der Waals surface area (Å²) in [5, 5.41) is 3.16. The van der Waals surface area contributed by atoms with Crippen molar-refractivity contribution in [2.24, 2.45) is 0 Å². The van der Waals surface area contributed by atoms with Gasteiger partial charge in [0.1, 0.15) is 10.9 Å². The number of nitrogens with zero attached hydrogens (tertiary/aromatic N) is 2. The number of benzene rings is 1. The van der Waals surface area contributed by atoms with E-state index in [2.05, 4.69) is 9.97 Å². The number of ether oxygens (including phenoxy) is 1. The van der Waals surface area contributed by atoms with Gasteiger partial charge in [0.25, 0.3) is 0 Å². The predicted molar refractivity (Wildman–Crippen MR) is 74.4 cm³/mol. The van der Waals surface area contributed by atoms with Gasteiger partial charge in [-0.05, 0) is 23.6 Å². The fourth-order valence-corrected chi connectivity index (χ4v) is 2.72. The van der Waals surface area contributed by atoms with Crippen molar-refractivity contribution in [3.8, 4) is 16.5 Å². The molecule has 1 aromatic carbocycles. The third kappa shape index (κ3) is 1.83. The van der Waals surface area contributed by atoms with Crippen molar-refractivity contribution in [3.63, 3.8) is 0 Å². The van der Waals surface area contributed by atoms with E-state index in [0.29, 0.717) is 16.7 Å². The first-order valence-electron chi connectivity index (χ1n) is 5.33. The van der Waals surface area contributed by atoms with Crippen molar-refractivity contribution in [2.75, 3.05) is 7.11 Å². The second-order valence-corrected chi connectivity index (χ2v) is 4.98. The number of halogens is 1. The molecule has 0 unspecified atom stereocenters. The molecule has 0 fully saturated rings. The van der Waals surface area contributed by atoms with E-state index >= 15 is 0 Å². The van der Waals surface area contributed by atoms with Crippen LogP contribution in [0.15, 0.2) is 35.7 Å². The molecule has 0 aliphatic rings. The monoisotopic (exact) mass is 276 g/mol. The molecular formula is C13H9ClN2OS. The molecule has 2 heterocycles. The highest BCUT2D eigenvalue weighted by Crippen LogP contribution is 2.32. The zero-order chi connectivity index (χ0) is 12.5. The second-order valence-electron chi connectivity index (χ2n) is 3.67. The predicted octanol–water partition coefficient (Wildman–Crippen LogP) is 4.02. The highest BCUT2D eigenvalue weighted by Gasteiger charge is 2.12. The summed E-state index contributed by atoms with van der Waals surface area (Å²) in [4.78, 5) is 9.86. The number of hydrogen-bond donors (Lipinski definition) is 0. The molecule has 90 valence electrons. The summed E-state index contributed by atoms with van der Waals surface area (Å²) in [6, 6.07) is 9.59. The number of thiophene rings is 1. The molecule has 5 heteroatoms. The SMILES string of the molecule is COc1cccc2nc(-c3cccs3)nc(Cl)c12. The van der Waals surface area contributed by atoms with E-state index in [1.54, 1.807) is 18.4 Å². The lowest BCUT2D eigenvalue weighted by atomic mass is 10.2. The molecular weight excluding hydrogens is 268 g/mol. The van der Waals surface area contributed by atoms with Crippen molar-refractivity contribution in [3.05, 3.63) is 40.9 Å².